The van der Waals surface area contributed by atoms with Gasteiger partial charge in [0.05, 0.1) is 11.7 Å². The molecule has 130 valence electrons. The Balaban J connectivity index is 2.61. The van der Waals surface area contributed by atoms with E-state index in [2.05, 4.69) is 4.72 Å². The zero-order valence-corrected chi connectivity index (χ0v) is 13.8. The van der Waals surface area contributed by atoms with Crippen molar-refractivity contribution in [1.29, 1.82) is 0 Å². The predicted molar refractivity (Wildman–Crippen MR) is 79.3 cm³/mol. The largest absolute Gasteiger partial charge is 0.481 e. The van der Waals surface area contributed by atoms with Gasteiger partial charge >= 0.3 is 5.97 Å². The van der Waals surface area contributed by atoms with Crippen molar-refractivity contribution in [2.24, 2.45) is 17.8 Å². The number of nitrogens with one attached hydrogen (secondary N) is 1. The summed E-state index contributed by atoms with van der Waals surface area (Å²) < 4.78 is 53.5. The molecular formula is C14H25F2NO4S. The van der Waals surface area contributed by atoms with Gasteiger partial charge in [-0.05, 0) is 25.2 Å². The number of sulfonamides is 1. The number of hydrogen-bond donors (Lipinski definition) is 2. The number of alkyl halides is 2. The van der Waals surface area contributed by atoms with E-state index >= 15 is 0 Å². The summed E-state index contributed by atoms with van der Waals surface area (Å²) in [4.78, 5) is 11.1. The lowest BCUT2D eigenvalue weighted by Crippen LogP contribution is -2.42. The molecule has 22 heavy (non-hydrogen) atoms. The van der Waals surface area contributed by atoms with E-state index in [1.165, 1.54) is 0 Å². The zero-order valence-electron chi connectivity index (χ0n) is 13.0. The summed E-state index contributed by atoms with van der Waals surface area (Å²) in [5.41, 5.74) is 0. The van der Waals surface area contributed by atoms with Gasteiger partial charge in [0.15, 0.2) is 0 Å². The van der Waals surface area contributed by atoms with Crippen LogP contribution in [0.2, 0.25) is 0 Å². The Bertz CT molecular complexity index is 479. The Morgan fingerprint density at radius 1 is 1.36 bits per heavy atom. The molecule has 1 aliphatic rings. The van der Waals surface area contributed by atoms with Crippen LogP contribution in [0.25, 0.3) is 0 Å². The molecule has 0 aliphatic heterocycles. The van der Waals surface area contributed by atoms with Crippen LogP contribution < -0.4 is 4.72 Å². The fourth-order valence-corrected chi connectivity index (χ4v) is 4.28. The molecule has 1 aliphatic carbocycles. The summed E-state index contributed by atoms with van der Waals surface area (Å²) in [5, 5.41) is 9.07. The van der Waals surface area contributed by atoms with Crippen molar-refractivity contribution in [3.8, 4) is 0 Å². The molecule has 2 N–H and O–H groups in total. The number of rotatable bonds is 8. The van der Waals surface area contributed by atoms with Crippen molar-refractivity contribution < 1.29 is 27.1 Å². The van der Waals surface area contributed by atoms with E-state index in [0.29, 0.717) is 19.3 Å². The molecule has 1 saturated carbocycles. The summed E-state index contributed by atoms with van der Waals surface area (Å²) in [6.07, 6.45) is 1.24. The first-order valence-electron chi connectivity index (χ1n) is 7.61. The third-order valence-corrected chi connectivity index (χ3v) is 5.43. The van der Waals surface area contributed by atoms with Gasteiger partial charge in [-0.3, -0.25) is 4.79 Å². The molecule has 0 bridgehead atoms. The molecule has 0 radical (unpaired) electrons. The average molecular weight is 341 g/mol. The van der Waals surface area contributed by atoms with Crippen LogP contribution >= 0.6 is 0 Å². The molecule has 0 aromatic carbocycles. The van der Waals surface area contributed by atoms with Gasteiger partial charge in [0.1, 0.15) is 0 Å². The molecule has 0 aromatic heterocycles. The predicted octanol–water partition coefficient (Wildman–Crippen LogP) is 2.48. The minimum Gasteiger partial charge on any atom is -0.481 e. The molecule has 0 amide bonds. The molecule has 1 rings (SSSR count). The normalized spacial score (nSPS) is 23.4. The lowest BCUT2D eigenvalue weighted by molar-refractivity contribution is -0.142. The smallest absolute Gasteiger partial charge is 0.307 e. The van der Waals surface area contributed by atoms with Crippen LogP contribution in [0.5, 0.6) is 0 Å². The molecule has 0 saturated heterocycles. The number of carbonyl (C=O) groups is 1. The molecule has 8 heteroatoms. The van der Waals surface area contributed by atoms with Gasteiger partial charge < -0.3 is 5.11 Å². The van der Waals surface area contributed by atoms with Gasteiger partial charge in [0.2, 0.25) is 10.0 Å². The van der Waals surface area contributed by atoms with E-state index in [1.807, 2.05) is 13.8 Å². The summed E-state index contributed by atoms with van der Waals surface area (Å²) in [6, 6.07) is 0. The topological polar surface area (TPSA) is 83.5 Å². The van der Waals surface area contributed by atoms with Crippen LogP contribution in [0.4, 0.5) is 8.78 Å². The van der Waals surface area contributed by atoms with Gasteiger partial charge in [-0.25, -0.2) is 21.9 Å². The zero-order chi connectivity index (χ0) is 17.0. The fraction of sp³-hybridized carbons (Fsp3) is 0.929. The van der Waals surface area contributed by atoms with Crippen molar-refractivity contribution >= 4 is 16.0 Å². The van der Waals surface area contributed by atoms with E-state index in [0.717, 1.165) is 0 Å². The summed E-state index contributed by atoms with van der Waals surface area (Å²) >= 11 is 0. The van der Waals surface area contributed by atoms with Crippen molar-refractivity contribution in [2.45, 2.75) is 51.9 Å². The SMILES string of the molecule is CC(C)CC(CNS(=O)(=O)CC1CCCCC1(F)F)C(=O)O. The lowest BCUT2D eigenvalue weighted by Gasteiger charge is -2.31. The highest BCUT2D eigenvalue weighted by Crippen LogP contribution is 2.38. The highest BCUT2D eigenvalue weighted by Gasteiger charge is 2.43. The van der Waals surface area contributed by atoms with Crippen LogP contribution in [0, 0.1) is 17.8 Å². The Morgan fingerprint density at radius 2 is 2.00 bits per heavy atom. The average Bonchev–Trinajstić information content (AvgIpc) is 2.36. The first kappa shape index (κ1) is 19.3. The van der Waals surface area contributed by atoms with Gasteiger partial charge in [-0.1, -0.05) is 20.3 Å². The minimum atomic E-state index is -3.91. The number of carboxylic acids is 1. The molecule has 2 unspecified atom stereocenters. The van der Waals surface area contributed by atoms with E-state index in [-0.39, 0.29) is 25.3 Å². The van der Waals surface area contributed by atoms with Crippen molar-refractivity contribution in [1.82, 2.24) is 4.72 Å². The first-order chi connectivity index (χ1) is 10.0. The Hall–Kier alpha value is -0.760. The highest BCUT2D eigenvalue weighted by molar-refractivity contribution is 7.89. The summed E-state index contributed by atoms with van der Waals surface area (Å²) in [6.45, 7) is 3.42. The monoisotopic (exact) mass is 341 g/mol. The number of carboxylic acid groups (broad SMARTS) is 1. The molecule has 1 fully saturated rings. The van der Waals surface area contributed by atoms with Crippen LogP contribution in [-0.4, -0.2) is 37.7 Å². The van der Waals surface area contributed by atoms with Gasteiger partial charge in [0.25, 0.3) is 5.92 Å². The number of hydrogen-bond acceptors (Lipinski definition) is 3. The number of aliphatic carboxylic acids is 1. The second kappa shape index (κ2) is 7.68. The summed E-state index contributed by atoms with van der Waals surface area (Å²) in [7, 11) is -3.91. The lowest BCUT2D eigenvalue weighted by atomic mass is 9.87. The maximum Gasteiger partial charge on any atom is 0.307 e. The van der Waals surface area contributed by atoms with Crippen LogP contribution in [0.1, 0.15) is 46.0 Å². The van der Waals surface area contributed by atoms with Crippen molar-refractivity contribution in [2.75, 3.05) is 12.3 Å². The van der Waals surface area contributed by atoms with Gasteiger partial charge in [0, 0.05) is 18.9 Å². The third kappa shape index (κ3) is 6.16. The Morgan fingerprint density at radius 3 is 2.50 bits per heavy atom. The maximum atomic E-state index is 13.7. The van der Waals surface area contributed by atoms with E-state index < -0.39 is 39.5 Å². The molecule has 0 spiro atoms. The fourth-order valence-electron chi connectivity index (χ4n) is 2.76. The van der Waals surface area contributed by atoms with Crippen LogP contribution in [-0.2, 0) is 14.8 Å². The molecule has 0 aromatic rings. The Kier molecular flexibility index (Phi) is 6.73. The molecule has 2 atom stereocenters. The molecule has 5 nitrogen and oxygen atoms in total. The standard InChI is InChI=1S/C14H25F2NO4S/c1-10(2)7-11(13(18)19)8-17-22(20,21)9-12-5-3-4-6-14(12,15)16/h10-12,17H,3-9H2,1-2H3,(H,18,19). The van der Waals surface area contributed by atoms with Crippen molar-refractivity contribution in [3.63, 3.8) is 0 Å². The Labute approximate surface area is 130 Å². The van der Waals surface area contributed by atoms with Crippen molar-refractivity contribution in [3.05, 3.63) is 0 Å². The molecular weight excluding hydrogens is 316 g/mol. The van der Waals surface area contributed by atoms with E-state index in [4.69, 9.17) is 5.11 Å². The quantitative estimate of drug-likeness (QED) is 0.710. The van der Waals surface area contributed by atoms with Gasteiger partial charge in [-0.15, -0.1) is 0 Å². The highest BCUT2D eigenvalue weighted by atomic mass is 32.2. The van der Waals surface area contributed by atoms with Crippen LogP contribution in [0.15, 0.2) is 0 Å². The van der Waals surface area contributed by atoms with Crippen LogP contribution in [0.3, 0.4) is 0 Å². The van der Waals surface area contributed by atoms with Gasteiger partial charge in [-0.2, -0.15) is 0 Å². The maximum absolute atomic E-state index is 13.7. The third-order valence-electron chi connectivity index (χ3n) is 3.99. The second-order valence-electron chi connectivity index (χ2n) is 6.50. The van der Waals surface area contributed by atoms with E-state index in [9.17, 15) is 22.0 Å². The second-order valence-corrected chi connectivity index (χ2v) is 8.35. The molecule has 0 heterocycles. The summed E-state index contributed by atoms with van der Waals surface area (Å²) in [5.74, 6) is -6.62. The first-order valence-corrected chi connectivity index (χ1v) is 9.26. The minimum absolute atomic E-state index is 0.105. The van der Waals surface area contributed by atoms with E-state index in [1.54, 1.807) is 0 Å². The number of halogens is 2.